The molecule has 2 rings (SSSR count). The Bertz CT molecular complexity index is 872. The summed E-state index contributed by atoms with van der Waals surface area (Å²) >= 11 is 5.80. The maximum absolute atomic E-state index is 12.2. The largest absolute Gasteiger partial charge is 0.495 e. The minimum atomic E-state index is -3.67. The summed E-state index contributed by atoms with van der Waals surface area (Å²) in [4.78, 5) is 12.2. The molecule has 0 fully saturated rings. The SMILES string of the molecule is COc1ccccc1N(CC(=O)NCCOc1ccc(Cl)cc1)S(C)(=O)=O. The lowest BCUT2D eigenvalue weighted by atomic mass is 10.3. The molecule has 0 aliphatic rings. The molecular weight excluding hydrogens is 392 g/mol. The second-order valence-electron chi connectivity index (χ2n) is 5.59. The van der Waals surface area contributed by atoms with Crippen LogP contribution >= 0.6 is 11.6 Å². The lowest BCUT2D eigenvalue weighted by molar-refractivity contribution is -0.119. The Labute approximate surface area is 163 Å². The van der Waals surface area contributed by atoms with Crippen molar-refractivity contribution >= 4 is 33.2 Å². The molecule has 0 aliphatic carbocycles. The van der Waals surface area contributed by atoms with Crippen LogP contribution in [0.25, 0.3) is 0 Å². The summed E-state index contributed by atoms with van der Waals surface area (Å²) in [6.45, 7) is 0.103. The molecule has 2 aromatic carbocycles. The average Bonchev–Trinajstić information content (AvgIpc) is 2.64. The number of amides is 1. The maximum Gasteiger partial charge on any atom is 0.240 e. The number of sulfonamides is 1. The fourth-order valence-electron chi connectivity index (χ4n) is 2.29. The van der Waals surface area contributed by atoms with Crippen LogP contribution in [0.15, 0.2) is 48.5 Å². The van der Waals surface area contributed by atoms with Crippen LogP contribution in [-0.2, 0) is 14.8 Å². The molecule has 1 amide bonds. The molecule has 27 heavy (non-hydrogen) atoms. The van der Waals surface area contributed by atoms with E-state index in [1.165, 1.54) is 7.11 Å². The highest BCUT2D eigenvalue weighted by Gasteiger charge is 2.23. The smallest absolute Gasteiger partial charge is 0.240 e. The summed E-state index contributed by atoms with van der Waals surface area (Å²) in [6.07, 6.45) is 1.04. The normalized spacial score (nSPS) is 10.9. The topological polar surface area (TPSA) is 84.9 Å². The van der Waals surface area contributed by atoms with Gasteiger partial charge in [0.05, 0.1) is 25.6 Å². The maximum atomic E-state index is 12.2. The van der Waals surface area contributed by atoms with Gasteiger partial charge in [-0.3, -0.25) is 9.10 Å². The van der Waals surface area contributed by atoms with Crippen molar-refractivity contribution in [2.75, 3.05) is 37.4 Å². The van der Waals surface area contributed by atoms with Crippen molar-refractivity contribution in [2.45, 2.75) is 0 Å². The van der Waals surface area contributed by atoms with Gasteiger partial charge in [0, 0.05) is 5.02 Å². The number of benzene rings is 2. The zero-order chi connectivity index (χ0) is 19.9. The Hall–Kier alpha value is -2.45. The van der Waals surface area contributed by atoms with Gasteiger partial charge in [-0.15, -0.1) is 0 Å². The molecule has 2 aromatic rings. The number of carbonyl (C=O) groups is 1. The van der Waals surface area contributed by atoms with E-state index in [1.807, 2.05) is 0 Å². The van der Waals surface area contributed by atoms with Crippen LogP contribution in [-0.4, -0.2) is 47.4 Å². The quantitative estimate of drug-likeness (QED) is 0.639. The van der Waals surface area contributed by atoms with Crippen LogP contribution < -0.4 is 19.1 Å². The molecule has 0 bridgehead atoms. The van der Waals surface area contributed by atoms with Crippen molar-refractivity contribution in [3.63, 3.8) is 0 Å². The second kappa shape index (κ2) is 9.48. The highest BCUT2D eigenvalue weighted by molar-refractivity contribution is 7.92. The molecule has 0 aromatic heterocycles. The molecule has 1 N–H and O–H groups in total. The summed E-state index contributed by atoms with van der Waals surface area (Å²) in [5.41, 5.74) is 0.301. The van der Waals surface area contributed by atoms with E-state index in [0.717, 1.165) is 10.6 Å². The second-order valence-corrected chi connectivity index (χ2v) is 7.94. The Kier molecular flexibility index (Phi) is 7.32. The number of anilines is 1. The molecule has 0 spiro atoms. The lowest BCUT2D eigenvalue weighted by Gasteiger charge is -2.23. The van der Waals surface area contributed by atoms with E-state index in [2.05, 4.69) is 5.32 Å². The van der Waals surface area contributed by atoms with E-state index in [4.69, 9.17) is 21.1 Å². The molecule has 0 aliphatic heterocycles. The summed E-state index contributed by atoms with van der Waals surface area (Å²) in [5.74, 6) is 0.535. The third-order valence-corrected chi connectivity index (χ3v) is 4.93. The number of para-hydroxylation sites is 2. The molecule has 0 atom stereocenters. The Morgan fingerprint density at radius 3 is 2.44 bits per heavy atom. The monoisotopic (exact) mass is 412 g/mol. The molecule has 7 nitrogen and oxygen atoms in total. The molecule has 0 unspecified atom stereocenters. The first kappa shape index (κ1) is 20.9. The van der Waals surface area contributed by atoms with Gasteiger partial charge in [0.25, 0.3) is 0 Å². The van der Waals surface area contributed by atoms with Gasteiger partial charge < -0.3 is 14.8 Å². The van der Waals surface area contributed by atoms with Crippen LogP contribution in [0.2, 0.25) is 5.02 Å². The van der Waals surface area contributed by atoms with Crippen LogP contribution in [0.5, 0.6) is 11.5 Å². The first-order valence-corrected chi connectivity index (χ1v) is 10.3. The summed E-state index contributed by atoms with van der Waals surface area (Å²) in [7, 11) is -2.24. The van der Waals surface area contributed by atoms with Gasteiger partial charge in [0.1, 0.15) is 24.7 Å². The molecule has 146 valence electrons. The van der Waals surface area contributed by atoms with E-state index in [0.29, 0.717) is 22.2 Å². The van der Waals surface area contributed by atoms with E-state index in [-0.39, 0.29) is 19.7 Å². The lowest BCUT2D eigenvalue weighted by Crippen LogP contribution is -2.41. The van der Waals surface area contributed by atoms with E-state index >= 15 is 0 Å². The Morgan fingerprint density at radius 2 is 1.81 bits per heavy atom. The van der Waals surface area contributed by atoms with Gasteiger partial charge in [-0.1, -0.05) is 23.7 Å². The molecule has 0 radical (unpaired) electrons. The molecule has 0 saturated heterocycles. The van der Waals surface area contributed by atoms with Crippen molar-refractivity contribution in [1.29, 1.82) is 0 Å². The fraction of sp³-hybridized carbons (Fsp3) is 0.278. The minimum Gasteiger partial charge on any atom is -0.495 e. The van der Waals surface area contributed by atoms with Gasteiger partial charge in [0.15, 0.2) is 0 Å². The van der Waals surface area contributed by atoms with Crippen LogP contribution in [0, 0.1) is 0 Å². The van der Waals surface area contributed by atoms with Crippen LogP contribution in [0.4, 0.5) is 5.69 Å². The average molecular weight is 413 g/mol. The number of nitrogens with one attached hydrogen (secondary N) is 1. The van der Waals surface area contributed by atoms with Crippen molar-refractivity contribution < 1.29 is 22.7 Å². The van der Waals surface area contributed by atoms with Crippen molar-refractivity contribution in [3.8, 4) is 11.5 Å². The van der Waals surface area contributed by atoms with Gasteiger partial charge in [-0.05, 0) is 36.4 Å². The molecule has 0 saturated carbocycles. The van der Waals surface area contributed by atoms with Gasteiger partial charge in [-0.25, -0.2) is 8.42 Å². The van der Waals surface area contributed by atoms with E-state index < -0.39 is 15.9 Å². The fourth-order valence-corrected chi connectivity index (χ4v) is 3.28. The number of nitrogens with zero attached hydrogens (tertiary/aromatic N) is 1. The highest BCUT2D eigenvalue weighted by Crippen LogP contribution is 2.29. The summed E-state index contributed by atoms with van der Waals surface area (Å²) in [5, 5.41) is 3.24. The van der Waals surface area contributed by atoms with Crippen molar-refractivity contribution in [3.05, 3.63) is 53.6 Å². The minimum absolute atomic E-state index is 0.227. The van der Waals surface area contributed by atoms with E-state index in [1.54, 1.807) is 48.5 Å². The van der Waals surface area contributed by atoms with Gasteiger partial charge in [0.2, 0.25) is 15.9 Å². The Balaban J connectivity index is 1.93. The third-order valence-electron chi connectivity index (χ3n) is 3.55. The zero-order valence-corrected chi connectivity index (χ0v) is 16.6. The van der Waals surface area contributed by atoms with Crippen molar-refractivity contribution in [2.24, 2.45) is 0 Å². The van der Waals surface area contributed by atoms with Crippen LogP contribution in [0.3, 0.4) is 0 Å². The predicted octanol–water partition coefficient (Wildman–Crippen LogP) is 2.31. The number of halogens is 1. The molecule has 9 heteroatoms. The summed E-state index contributed by atoms with van der Waals surface area (Å²) < 4.78 is 35.9. The van der Waals surface area contributed by atoms with Gasteiger partial charge in [-0.2, -0.15) is 0 Å². The first-order chi connectivity index (χ1) is 12.8. The number of carbonyl (C=O) groups excluding carboxylic acids is 1. The molecular formula is C18H21ClN2O5S. The number of methoxy groups -OCH3 is 1. The number of hydrogen-bond donors (Lipinski definition) is 1. The third kappa shape index (κ3) is 6.33. The molecule has 0 heterocycles. The number of ether oxygens (including phenoxy) is 2. The highest BCUT2D eigenvalue weighted by atomic mass is 35.5. The zero-order valence-electron chi connectivity index (χ0n) is 15.0. The van der Waals surface area contributed by atoms with Crippen LogP contribution in [0.1, 0.15) is 0 Å². The predicted molar refractivity (Wildman–Crippen MR) is 105 cm³/mol. The summed E-state index contributed by atoms with van der Waals surface area (Å²) in [6, 6.07) is 13.4. The standard InChI is InChI=1S/C18H21ClN2O5S/c1-25-17-6-4-3-5-16(17)21(27(2,23)24)13-18(22)20-11-12-26-15-9-7-14(19)8-10-15/h3-10H,11-13H2,1-2H3,(H,20,22). The van der Waals surface area contributed by atoms with Crippen molar-refractivity contribution in [1.82, 2.24) is 5.32 Å². The van der Waals surface area contributed by atoms with E-state index in [9.17, 15) is 13.2 Å². The number of hydrogen-bond acceptors (Lipinski definition) is 5. The first-order valence-electron chi connectivity index (χ1n) is 8.07. The Morgan fingerprint density at radius 1 is 1.15 bits per heavy atom. The number of rotatable bonds is 9. The van der Waals surface area contributed by atoms with Gasteiger partial charge >= 0.3 is 0 Å².